The Morgan fingerprint density at radius 3 is 3.07 bits per heavy atom. The Morgan fingerprint density at radius 1 is 1.73 bits per heavy atom. The Balaban J connectivity index is 1.83. The van der Waals surface area contributed by atoms with Crippen LogP contribution < -0.4 is 15.4 Å². The van der Waals surface area contributed by atoms with E-state index in [0.29, 0.717) is 10.8 Å². The molecule has 1 aliphatic rings. The third kappa shape index (κ3) is 2.49. The van der Waals surface area contributed by atoms with Gasteiger partial charge in [-0.2, -0.15) is 0 Å². The minimum absolute atomic E-state index is 0.00444. The van der Waals surface area contributed by atoms with E-state index in [1.165, 1.54) is 11.3 Å². The predicted octanol–water partition coefficient (Wildman–Crippen LogP) is 0.706. The molecule has 1 fully saturated rings. The topological polar surface area (TPSA) is 50.4 Å². The Hall–Kier alpha value is -1.07. The van der Waals surface area contributed by atoms with E-state index >= 15 is 0 Å². The smallest absolute Gasteiger partial charge is 0.261 e. The van der Waals surface area contributed by atoms with Gasteiger partial charge in [-0.3, -0.25) is 4.79 Å². The number of amides is 1. The van der Waals surface area contributed by atoms with E-state index in [1.54, 1.807) is 13.2 Å². The van der Waals surface area contributed by atoms with Crippen LogP contribution in [0.25, 0.3) is 0 Å². The number of carbonyl (C=O) groups excluding carboxylic acids is 1. The van der Waals surface area contributed by atoms with Crippen LogP contribution in [-0.2, 0) is 0 Å². The van der Waals surface area contributed by atoms with Crippen molar-refractivity contribution in [1.82, 2.24) is 10.6 Å². The highest BCUT2D eigenvalue weighted by Gasteiger charge is 2.18. The van der Waals surface area contributed by atoms with Crippen molar-refractivity contribution in [3.05, 3.63) is 16.3 Å². The lowest BCUT2D eigenvalue weighted by atomic mass is 10.0. The molecular formula is C10H14N2O2S. The minimum Gasteiger partial charge on any atom is -0.496 e. The molecule has 2 rings (SSSR count). The Labute approximate surface area is 92.6 Å². The minimum atomic E-state index is -0.00444. The molecule has 2 heterocycles. The van der Waals surface area contributed by atoms with Gasteiger partial charge in [0, 0.05) is 37.0 Å². The molecule has 1 saturated heterocycles. The number of hydrogen-bond donors (Lipinski definition) is 2. The lowest BCUT2D eigenvalue weighted by Crippen LogP contribution is -2.48. The molecule has 1 aromatic heterocycles. The molecule has 0 radical (unpaired) electrons. The molecule has 1 aliphatic heterocycles. The van der Waals surface area contributed by atoms with Crippen molar-refractivity contribution in [2.24, 2.45) is 5.92 Å². The van der Waals surface area contributed by atoms with E-state index < -0.39 is 0 Å². The van der Waals surface area contributed by atoms with Gasteiger partial charge in [-0.05, 0) is 0 Å². The highest BCUT2D eigenvalue weighted by Crippen LogP contribution is 2.20. The van der Waals surface area contributed by atoms with Gasteiger partial charge in [-0.1, -0.05) is 0 Å². The van der Waals surface area contributed by atoms with Crippen LogP contribution in [0.3, 0.4) is 0 Å². The molecule has 0 aromatic carbocycles. The van der Waals surface area contributed by atoms with Gasteiger partial charge in [0.1, 0.15) is 5.75 Å². The second-order valence-electron chi connectivity index (χ2n) is 3.59. The summed E-state index contributed by atoms with van der Waals surface area (Å²) in [6.45, 7) is 2.77. The molecule has 4 nitrogen and oxygen atoms in total. The van der Waals surface area contributed by atoms with Crippen LogP contribution >= 0.6 is 11.3 Å². The number of thiophene rings is 1. The Kier molecular flexibility index (Phi) is 3.23. The molecule has 15 heavy (non-hydrogen) atoms. The zero-order chi connectivity index (χ0) is 10.7. The molecule has 1 amide bonds. The first-order valence-corrected chi connectivity index (χ1v) is 5.79. The van der Waals surface area contributed by atoms with Gasteiger partial charge >= 0.3 is 0 Å². The third-order valence-electron chi connectivity index (χ3n) is 2.45. The lowest BCUT2D eigenvalue weighted by Gasteiger charge is -2.26. The van der Waals surface area contributed by atoms with Crippen LogP contribution in [0.2, 0.25) is 0 Å². The summed E-state index contributed by atoms with van der Waals surface area (Å²) >= 11 is 1.41. The van der Waals surface area contributed by atoms with Gasteiger partial charge < -0.3 is 15.4 Å². The Morgan fingerprint density at radius 2 is 2.53 bits per heavy atom. The zero-order valence-electron chi connectivity index (χ0n) is 8.58. The van der Waals surface area contributed by atoms with Crippen LogP contribution in [0.4, 0.5) is 0 Å². The summed E-state index contributed by atoms with van der Waals surface area (Å²) in [5.41, 5.74) is 0. The third-order valence-corrected chi connectivity index (χ3v) is 3.36. The average molecular weight is 226 g/mol. The van der Waals surface area contributed by atoms with Gasteiger partial charge in [-0.15, -0.1) is 11.3 Å². The fourth-order valence-corrected chi connectivity index (χ4v) is 2.13. The van der Waals surface area contributed by atoms with E-state index in [4.69, 9.17) is 4.74 Å². The molecule has 0 atom stereocenters. The van der Waals surface area contributed by atoms with E-state index in [2.05, 4.69) is 10.6 Å². The standard InChI is InChI=1S/C10H14N2O2S/c1-14-8-2-9(15-6-8)10(13)12-5-7-3-11-4-7/h2,6-7,11H,3-5H2,1H3,(H,12,13). The summed E-state index contributed by atoms with van der Waals surface area (Å²) in [6, 6.07) is 1.76. The first-order valence-electron chi connectivity index (χ1n) is 4.91. The molecule has 0 aliphatic carbocycles. The zero-order valence-corrected chi connectivity index (χ0v) is 9.39. The van der Waals surface area contributed by atoms with Crippen molar-refractivity contribution in [1.29, 1.82) is 0 Å². The largest absolute Gasteiger partial charge is 0.496 e. The number of carbonyl (C=O) groups is 1. The van der Waals surface area contributed by atoms with Gasteiger partial charge in [0.15, 0.2) is 0 Å². The maximum absolute atomic E-state index is 11.6. The van der Waals surface area contributed by atoms with Gasteiger partial charge in [0.05, 0.1) is 12.0 Å². The van der Waals surface area contributed by atoms with E-state index in [9.17, 15) is 4.79 Å². The number of ether oxygens (including phenoxy) is 1. The van der Waals surface area contributed by atoms with Crippen LogP contribution in [0.5, 0.6) is 5.75 Å². The molecule has 0 spiro atoms. The number of hydrogen-bond acceptors (Lipinski definition) is 4. The summed E-state index contributed by atoms with van der Waals surface area (Å²) in [6.07, 6.45) is 0. The quantitative estimate of drug-likeness (QED) is 0.795. The molecule has 0 saturated carbocycles. The SMILES string of the molecule is COc1csc(C(=O)NCC2CNC2)c1. The van der Waals surface area contributed by atoms with Gasteiger partial charge in [-0.25, -0.2) is 0 Å². The molecule has 2 N–H and O–H groups in total. The second kappa shape index (κ2) is 4.63. The normalized spacial score (nSPS) is 15.8. The second-order valence-corrected chi connectivity index (χ2v) is 4.50. The van der Waals surface area contributed by atoms with Crippen molar-refractivity contribution in [3.8, 4) is 5.75 Å². The van der Waals surface area contributed by atoms with Gasteiger partial charge in [0.25, 0.3) is 5.91 Å². The number of methoxy groups -OCH3 is 1. The van der Waals surface area contributed by atoms with E-state index in [-0.39, 0.29) is 5.91 Å². The molecule has 0 unspecified atom stereocenters. The molecule has 0 bridgehead atoms. The van der Waals surface area contributed by atoms with Crippen molar-refractivity contribution >= 4 is 17.2 Å². The van der Waals surface area contributed by atoms with Crippen molar-refractivity contribution in [3.63, 3.8) is 0 Å². The van der Waals surface area contributed by atoms with Crippen molar-refractivity contribution in [2.45, 2.75) is 0 Å². The van der Waals surface area contributed by atoms with Crippen molar-refractivity contribution < 1.29 is 9.53 Å². The highest BCUT2D eigenvalue weighted by molar-refractivity contribution is 7.12. The summed E-state index contributed by atoms with van der Waals surface area (Å²) in [5, 5.41) is 7.92. The van der Waals surface area contributed by atoms with Crippen LogP contribution in [0, 0.1) is 5.92 Å². The van der Waals surface area contributed by atoms with Crippen LogP contribution in [-0.4, -0.2) is 32.7 Å². The van der Waals surface area contributed by atoms with Crippen LogP contribution in [0.1, 0.15) is 9.67 Å². The first-order chi connectivity index (χ1) is 7.29. The number of rotatable bonds is 4. The van der Waals surface area contributed by atoms with E-state index in [0.717, 1.165) is 25.4 Å². The molecule has 82 valence electrons. The fraction of sp³-hybridized carbons (Fsp3) is 0.500. The lowest BCUT2D eigenvalue weighted by molar-refractivity contribution is 0.0946. The summed E-state index contributed by atoms with van der Waals surface area (Å²) in [4.78, 5) is 12.3. The maximum atomic E-state index is 11.6. The monoisotopic (exact) mass is 226 g/mol. The summed E-state index contributed by atoms with van der Waals surface area (Å²) < 4.78 is 5.02. The summed E-state index contributed by atoms with van der Waals surface area (Å²) in [5.74, 6) is 1.33. The number of nitrogens with one attached hydrogen (secondary N) is 2. The fourth-order valence-electron chi connectivity index (χ4n) is 1.36. The van der Waals surface area contributed by atoms with Crippen molar-refractivity contribution in [2.75, 3.05) is 26.7 Å². The summed E-state index contributed by atoms with van der Waals surface area (Å²) in [7, 11) is 1.60. The molecule has 1 aromatic rings. The highest BCUT2D eigenvalue weighted by atomic mass is 32.1. The van der Waals surface area contributed by atoms with E-state index in [1.807, 2.05) is 5.38 Å². The Bertz CT molecular complexity index is 347. The van der Waals surface area contributed by atoms with Gasteiger partial charge in [0.2, 0.25) is 0 Å². The molecular weight excluding hydrogens is 212 g/mol. The maximum Gasteiger partial charge on any atom is 0.261 e. The average Bonchev–Trinajstić information content (AvgIpc) is 2.63. The predicted molar refractivity (Wildman–Crippen MR) is 59.6 cm³/mol. The molecule has 5 heteroatoms. The first kappa shape index (κ1) is 10.4. The van der Waals surface area contributed by atoms with Crippen LogP contribution in [0.15, 0.2) is 11.4 Å².